The summed E-state index contributed by atoms with van der Waals surface area (Å²) in [6, 6.07) is 18.6. The molecule has 0 saturated carbocycles. The topological polar surface area (TPSA) is 82.7 Å². The second-order valence-electron chi connectivity index (χ2n) is 7.82. The number of hydrogen-bond donors (Lipinski definition) is 1. The highest BCUT2D eigenvalue weighted by molar-refractivity contribution is 6.31. The number of aromatic nitrogens is 4. The molecule has 9 heteroatoms. The van der Waals surface area contributed by atoms with Crippen molar-refractivity contribution < 1.29 is 14.3 Å². The molecule has 0 aliphatic heterocycles. The van der Waals surface area contributed by atoms with Crippen LogP contribution in [0.15, 0.2) is 85.5 Å². The number of hydrogen-bond acceptors (Lipinski definition) is 5. The number of benzene rings is 2. The van der Waals surface area contributed by atoms with Crippen molar-refractivity contribution in [2.24, 2.45) is 0 Å². The minimum Gasteiger partial charge on any atom is -0.493 e. The summed E-state index contributed by atoms with van der Waals surface area (Å²) in [7, 11) is 1.57. The summed E-state index contributed by atoms with van der Waals surface area (Å²) >= 11 is 6.23. The summed E-state index contributed by atoms with van der Waals surface area (Å²) in [4.78, 5) is 17.4. The summed E-state index contributed by atoms with van der Waals surface area (Å²) in [6.45, 7) is 0.723. The molecule has 3 aromatic heterocycles. The molecule has 176 valence electrons. The van der Waals surface area contributed by atoms with Crippen molar-refractivity contribution >= 4 is 28.8 Å². The summed E-state index contributed by atoms with van der Waals surface area (Å²) < 4.78 is 15.0. The van der Waals surface area contributed by atoms with Crippen LogP contribution in [0.5, 0.6) is 11.5 Å². The molecule has 1 N–H and O–H groups in total. The Balaban J connectivity index is 1.27. The van der Waals surface area contributed by atoms with Gasteiger partial charge in [-0.05, 0) is 35.9 Å². The van der Waals surface area contributed by atoms with E-state index in [1.54, 1.807) is 36.2 Å². The highest BCUT2D eigenvalue weighted by Crippen LogP contribution is 2.31. The third kappa shape index (κ3) is 5.12. The van der Waals surface area contributed by atoms with E-state index in [1.807, 2.05) is 59.3 Å². The Kier molecular flexibility index (Phi) is 6.36. The van der Waals surface area contributed by atoms with Crippen molar-refractivity contribution in [2.75, 3.05) is 12.4 Å². The fraction of sp³-hybridized carbons (Fsp3) is 0.115. The van der Waals surface area contributed by atoms with E-state index in [2.05, 4.69) is 15.4 Å². The van der Waals surface area contributed by atoms with Crippen LogP contribution in [0.2, 0.25) is 5.02 Å². The van der Waals surface area contributed by atoms with Crippen molar-refractivity contribution in [1.82, 2.24) is 19.2 Å². The van der Waals surface area contributed by atoms with Gasteiger partial charge in [0.05, 0.1) is 31.1 Å². The second kappa shape index (κ2) is 9.90. The van der Waals surface area contributed by atoms with E-state index >= 15 is 0 Å². The number of anilines is 1. The molecule has 3 heterocycles. The lowest BCUT2D eigenvalue weighted by Crippen LogP contribution is -2.11. The zero-order chi connectivity index (χ0) is 24.2. The molecule has 0 fully saturated rings. The minimum atomic E-state index is -0.285. The summed E-state index contributed by atoms with van der Waals surface area (Å²) in [5.74, 6) is 0.767. The highest BCUT2D eigenvalue weighted by Gasteiger charge is 2.13. The predicted octanol–water partition coefficient (Wildman–Crippen LogP) is 5.07. The molecular formula is C26H22ClN5O3. The van der Waals surface area contributed by atoms with Crippen LogP contribution in [-0.2, 0) is 13.2 Å². The van der Waals surface area contributed by atoms with Gasteiger partial charge in [-0.1, -0.05) is 35.9 Å². The SMILES string of the molecule is COc1ccc(NC(=O)c2cnn(Cc3ccccc3Cl)c2)cc1OCc1cn2ccccc2n1. The van der Waals surface area contributed by atoms with Crippen LogP contribution in [-0.4, -0.2) is 32.2 Å². The number of halogens is 1. The fourth-order valence-electron chi connectivity index (χ4n) is 3.65. The van der Waals surface area contributed by atoms with Gasteiger partial charge in [-0.3, -0.25) is 9.48 Å². The van der Waals surface area contributed by atoms with Gasteiger partial charge in [-0.25, -0.2) is 4.98 Å². The molecule has 0 bridgehead atoms. The van der Waals surface area contributed by atoms with Crippen LogP contribution in [0.3, 0.4) is 0 Å². The Bertz CT molecular complexity index is 1460. The molecule has 0 aliphatic rings. The second-order valence-corrected chi connectivity index (χ2v) is 8.23. The lowest BCUT2D eigenvalue weighted by molar-refractivity contribution is 0.102. The molecule has 5 rings (SSSR count). The smallest absolute Gasteiger partial charge is 0.258 e. The molecule has 0 aliphatic carbocycles. The molecule has 0 saturated heterocycles. The van der Waals surface area contributed by atoms with Crippen LogP contribution >= 0.6 is 11.6 Å². The number of nitrogens with one attached hydrogen (secondary N) is 1. The number of carbonyl (C=O) groups excluding carboxylic acids is 1. The first-order chi connectivity index (χ1) is 17.1. The maximum Gasteiger partial charge on any atom is 0.258 e. The third-order valence-corrected chi connectivity index (χ3v) is 5.77. The van der Waals surface area contributed by atoms with Crippen LogP contribution in [0.4, 0.5) is 5.69 Å². The Morgan fingerprint density at radius 1 is 1.06 bits per heavy atom. The molecule has 35 heavy (non-hydrogen) atoms. The van der Waals surface area contributed by atoms with E-state index in [0.29, 0.717) is 34.3 Å². The van der Waals surface area contributed by atoms with Gasteiger partial charge in [0.15, 0.2) is 11.5 Å². The van der Waals surface area contributed by atoms with E-state index in [-0.39, 0.29) is 12.5 Å². The first-order valence-corrected chi connectivity index (χ1v) is 11.3. The lowest BCUT2D eigenvalue weighted by atomic mass is 10.2. The number of rotatable bonds is 8. The first-order valence-electron chi connectivity index (χ1n) is 10.9. The van der Waals surface area contributed by atoms with Crippen LogP contribution in [0, 0.1) is 0 Å². The molecule has 2 aromatic carbocycles. The zero-order valence-corrected chi connectivity index (χ0v) is 19.6. The fourth-order valence-corrected chi connectivity index (χ4v) is 3.84. The van der Waals surface area contributed by atoms with Gasteiger partial charge in [0.25, 0.3) is 5.91 Å². The minimum absolute atomic E-state index is 0.254. The van der Waals surface area contributed by atoms with Gasteiger partial charge < -0.3 is 19.2 Å². The number of carbonyl (C=O) groups is 1. The Hall–Kier alpha value is -4.30. The normalized spacial score (nSPS) is 10.9. The number of ether oxygens (including phenoxy) is 2. The van der Waals surface area contributed by atoms with E-state index < -0.39 is 0 Å². The zero-order valence-electron chi connectivity index (χ0n) is 18.9. The molecule has 0 radical (unpaired) electrons. The van der Waals surface area contributed by atoms with Crippen molar-refractivity contribution in [3.63, 3.8) is 0 Å². The van der Waals surface area contributed by atoms with E-state index in [9.17, 15) is 4.79 Å². The molecule has 8 nitrogen and oxygen atoms in total. The Morgan fingerprint density at radius 3 is 2.74 bits per heavy atom. The average molecular weight is 488 g/mol. The quantitative estimate of drug-likeness (QED) is 0.330. The monoisotopic (exact) mass is 487 g/mol. The lowest BCUT2D eigenvalue weighted by Gasteiger charge is -2.12. The van der Waals surface area contributed by atoms with Crippen LogP contribution in [0.1, 0.15) is 21.6 Å². The van der Waals surface area contributed by atoms with Gasteiger partial charge in [0.1, 0.15) is 12.3 Å². The van der Waals surface area contributed by atoms with E-state index in [0.717, 1.165) is 16.9 Å². The van der Waals surface area contributed by atoms with Crippen LogP contribution < -0.4 is 14.8 Å². The Morgan fingerprint density at radius 2 is 1.91 bits per heavy atom. The number of methoxy groups -OCH3 is 1. The maximum atomic E-state index is 12.8. The Labute approximate surface area is 206 Å². The number of amides is 1. The number of imidazole rings is 1. The highest BCUT2D eigenvalue weighted by atomic mass is 35.5. The molecule has 0 unspecified atom stereocenters. The van der Waals surface area contributed by atoms with Crippen LogP contribution in [0.25, 0.3) is 5.65 Å². The van der Waals surface area contributed by atoms with Gasteiger partial charge in [-0.2, -0.15) is 5.10 Å². The van der Waals surface area contributed by atoms with Crippen molar-refractivity contribution in [3.8, 4) is 11.5 Å². The molecule has 0 atom stereocenters. The summed E-state index contributed by atoms with van der Waals surface area (Å²) in [6.07, 6.45) is 7.05. The third-order valence-electron chi connectivity index (χ3n) is 5.40. The van der Waals surface area contributed by atoms with E-state index in [4.69, 9.17) is 21.1 Å². The maximum absolute atomic E-state index is 12.8. The number of fused-ring (bicyclic) bond motifs is 1. The van der Waals surface area contributed by atoms with Gasteiger partial charge in [-0.15, -0.1) is 0 Å². The van der Waals surface area contributed by atoms with Gasteiger partial charge in [0.2, 0.25) is 0 Å². The largest absolute Gasteiger partial charge is 0.493 e. The molecular weight excluding hydrogens is 466 g/mol. The predicted molar refractivity (Wildman–Crippen MR) is 133 cm³/mol. The van der Waals surface area contributed by atoms with Crippen molar-refractivity contribution in [1.29, 1.82) is 0 Å². The first kappa shape index (κ1) is 22.5. The van der Waals surface area contributed by atoms with Gasteiger partial charge >= 0.3 is 0 Å². The van der Waals surface area contributed by atoms with Crippen molar-refractivity contribution in [3.05, 3.63) is 107 Å². The van der Waals surface area contributed by atoms with Gasteiger partial charge in [0, 0.05) is 35.4 Å². The summed E-state index contributed by atoms with van der Waals surface area (Å²) in [5.41, 5.74) is 3.54. The summed E-state index contributed by atoms with van der Waals surface area (Å²) in [5, 5.41) is 7.83. The standard InChI is InChI=1S/C26H22ClN5O3/c1-34-23-10-9-20(12-24(23)35-17-21-16-31-11-5-4-8-25(31)29-21)30-26(33)19-13-28-32(15-19)14-18-6-2-3-7-22(18)27/h2-13,15-16H,14,17H2,1H3,(H,30,33). The molecule has 0 spiro atoms. The number of pyridine rings is 1. The van der Waals surface area contributed by atoms with Crippen molar-refractivity contribution in [2.45, 2.75) is 13.2 Å². The average Bonchev–Trinajstić information content (AvgIpc) is 3.51. The molecule has 1 amide bonds. The number of nitrogens with zero attached hydrogens (tertiary/aromatic N) is 4. The molecule has 5 aromatic rings. The van der Waals surface area contributed by atoms with E-state index in [1.165, 1.54) is 6.20 Å².